The van der Waals surface area contributed by atoms with Crippen LogP contribution in [-0.4, -0.2) is 19.4 Å². The average Bonchev–Trinajstić information content (AvgIpc) is 2.90. The van der Waals surface area contributed by atoms with Gasteiger partial charge in [-0.1, -0.05) is 6.07 Å². The van der Waals surface area contributed by atoms with E-state index in [0.717, 1.165) is 31.5 Å². The van der Waals surface area contributed by atoms with Crippen molar-refractivity contribution >= 4 is 0 Å². The molecule has 1 N–H and O–H groups in total. The van der Waals surface area contributed by atoms with Gasteiger partial charge in [0, 0.05) is 0 Å². The fourth-order valence-electron chi connectivity index (χ4n) is 2.48. The standard InChI is InChI=1S/C13H15F2NO2/c14-13(15)17-11-4-3-9(7-12(11)18-13)1-2-10-5-6-16-8-10/h3-4,7,10,16H,1-2,5-6,8H2. The third-order valence-corrected chi connectivity index (χ3v) is 3.47. The van der Waals surface area contributed by atoms with Crippen LogP contribution in [0, 0.1) is 5.92 Å². The van der Waals surface area contributed by atoms with Crippen LogP contribution in [0.5, 0.6) is 11.5 Å². The molecule has 5 heteroatoms. The first-order valence-corrected chi connectivity index (χ1v) is 6.22. The van der Waals surface area contributed by atoms with Gasteiger partial charge in [-0.2, -0.15) is 0 Å². The summed E-state index contributed by atoms with van der Waals surface area (Å²) < 4.78 is 34.5. The Morgan fingerprint density at radius 1 is 1.28 bits per heavy atom. The first-order valence-electron chi connectivity index (χ1n) is 6.22. The van der Waals surface area contributed by atoms with E-state index in [1.807, 2.05) is 6.07 Å². The maximum atomic E-state index is 12.8. The SMILES string of the molecule is FC1(F)Oc2ccc(CCC3CCNC3)cc2O1. The summed E-state index contributed by atoms with van der Waals surface area (Å²) in [6.07, 6.45) is -0.365. The van der Waals surface area contributed by atoms with Crippen LogP contribution in [0.2, 0.25) is 0 Å². The van der Waals surface area contributed by atoms with Crippen molar-refractivity contribution in [1.82, 2.24) is 5.32 Å². The predicted molar refractivity (Wildman–Crippen MR) is 61.9 cm³/mol. The summed E-state index contributed by atoms with van der Waals surface area (Å²) in [6.45, 7) is 2.14. The van der Waals surface area contributed by atoms with Crippen molar-refractivity contribution in [2.24, 2.45) is 5.92 Å². The van der Waals surface area contributed by atoms with Crippen molar-refractivity contribution in [2.45, 2.75) is 25.6 Å². The molecule has 1 saturated heterocycles. The summed E-state index contributed by atoms with van der Waals surface area (Å²) in [6, 6.07) is 5.03. The molecule has 0 aromatic heterocycles. The Balaban J connectivity index is 1.64. The van der Waals surface area contributed by atoms with E-state index < -0.39 is 6.29 Å². The topological polar surface area (TPSA) is 30.5 Å². The first-order chi connectivity index (χ1) is 8.62. The van der Waals surface area contributed by atoms with Gasteiger partial charge in [-0.3, -0.25) is 0 Å². The van der Waals surface area contributed by atoms with Crippen molar-refractivity contribution < 1.29 is 18.3 Å². The molecule has 0 aliphatic carbocycles. The Kier molecular flexibility index (Phi) is 2.86. The summed E-state index contributed by atoms with van der Waals surface area (Å²) in [7, 11) is 0. The molecule has 1 aromatic carbocycles. The molecular weight excluding hydrogens is 240 g/mol. The van der Waals surface area contributed by atoms with Crippen LogP contribution >= 0.6 is 0 Å². The summed E-state index contributed by atoms with van der Waals surface area (Å²) in [5.74, 6) is 0.949. The smallest absolute Gasteiger partial charge is 0.395 e. The number of hydrogen-bond donors (Lipinski definition) is 1. The van der Waals surface area contributed by atoms with Crippen LogP contribution in [0.1, 0.15) is 18.4 Å². The molecule has 0 saturated carbocycles. The van der Waals surface area contributed by atoms with Crippen LogP contribution in [0.4, 0.5) is 8.78 Å². The molecule has 1 fully saturated rings. The molecule has 98 valence electrons. The van der Waals surface area contributed by atoms with Crippen LogP contribution < -0.4 is 14.8 Å². The predicted octanol–water partition coefficient (Wildman–Crippen LogP) is 2.55. The van der Waals surface area contributed by atoms with E-state index in [1.165, 1.54) is 6.42 Å². The van der Waals surface area contributed by atoms with E-state index in [2.05, 4.69) is 14.8 Å². The van der Waals surface area contributed by atoms with Crippen LogP contribution in [-0.2, 0) is 6.42 Å². The van der Waals surface area contributed by atoms with E-state index in [1.54, 1.807) is 12.1 Å². The highest BCUT2D eigenvalue weighted by atomic mass is 19.3. The van der Waals surface area contributed by atoms with Gasteiger partial charge in [-0.05, 0) is 56.0 Å². The fourth-order valence-corrected chi connectivity index (χ4v) is 2.48. The second kappa shape index (κ2) is 4.39. The summed E-state index contributed by atoms with van der Waals surface area (Å²) >= 11 is 0. The lowest BCUT2D eigenvalue weighted by molar-refractivity contribution is -0.286. The molecule has 1 atom stereocenters. The van der Waals surface area contributed by atoms with Gasteiger partial charge < -0.3 is 14.8 Å². The van der Waals surface area contributed by atoms with Gasteiger partial charge in [0.2, 0.25) is 0 Å². The molecule has 0 amide bonds. The highest BCUT2D eigenvalue weighted by Gasteiger charge is 2.43. The third-order valence-electron chi connectivity index (χ3n) is 3.47. The maximum absolute atomic E-state index is 12.8. The van der Waals surface area contributed by atoms with Crippen LogP contribution in [0.25, 0.3) is 0 Å². The minimum absolute atomic E-state index is 0.117. The number of rotatable bonds is 3. The Morgan fingerprint density at radius 3 is 2.89 bits per heavy atom. The van der Waals surface area contributed by atoms with E-state index in [-0.39, 0.29) is 11.5 Å². The highest BCUT2D eigenvalue weighted by Crippen LogP contribution is 2.41. The van der Waals surface area contributed by atoms with Gasteiger partial charge in [-0.25, -0.2) is 0 Å². The van der Waals surface area contributed by atoms with E-state index in [4.69, 9.17) is 0 Å². The van der Waals surface area contributed by atoms with Crippen molar-refractivity contribution in [1.29, 1.82) is 0 Å². The number of benzene rings is 1. The van der Waals surface area contributed by atoms with Crippen LogP contribution in [0.15, 0.2) is 18.2 Å². The van der Waals surface area contributed by atoms with Crippen molar-refractivity contribution in [3.05, 3.63) is 23.8 Å². The Labute approximate surface area is 104 Å². The minimum atomic E-state index is -3.52. The number of nitrogens with one attached hydrogen (secondary N) is 1. The lowest BCUT2D eigenvalue weighted by Crippen LogP contribution is -2.25. The zero-order valence-corrected chi connectivity index (χ0v) is 9.92. The molecule has 0 spiro atoms. The first kappa shape index (κ1) is 11.7. The number of alkyl halides is 2. The van der Waals surface area contributed by atoms with Crippen molar-refractivity contribution in [2.75, 3.05) is 13.1 Å². The van der Waals surface area contributed by atoms with E-state index >= 15 is 0 Å². The number of hydrogen-bond acceptors (Lipinski definition) is 3. The van der Waals surface area contributed by atoms with E-state index in [9.17, 15) is 8.78 Å². The average molecular weight is 255 g/mol. The van der Waals surface area contributed by atoms with Gasteiger partial charge in [0.15, 0.2) is 11.5 Å². The molecule has 1 unspecified atom stereocenters. The zero-order chi connectivity index (χ0) is 12.6. The number of fused-ring (bicyclic) bond motifs is 1. The molecule has 2 aliphatic rings. The molecule has 2 aliphatic heterocycles. The van der Waals surface area contributed by atoms with Crippen LogP contribution in [0.3, 0.4) is 0 Å². The molecule has 2 heterocycles. The number of aryl methyl sites for hydroxylation is 1. The van der Waals surface area contributed by atoms with Gasteiger partial charge in [0.1, 0.15) is 0 Å². The second-order valence-corrected chi connectivity index (χ2v) is 4.85. The van der Waals surface area contributed by atoms with Gasteiger partial charge in [-0.15, -0.1) is 8.78 Å². The largest absolute Gasteiger partial charge is 0.586 e. The quantitative estimate of drug-likeness (QED) is 0.900. The molecule has 0 radical (unpaired) electrons. The lowest BCUT2D eigenvalue weighted by Gasteiger charge is -2.08. The Morgan fingerprint density at radius 2 is 2.11 bits per heavy atom. The molecule has 0 bridgehead atoms. The third kappa shape index (κ3) is 2.41. The Hall–Kier alpha value is -1.36. The van der Waals surface area contributed by atoms with Gasteiger partial charge >= 0.3 is 6.29 Å². The van der Waals surface area contributed by atoms with Gasteiger partial charge in [0.25, 0.3) is 0 Å². The molecule has 1 aromatic rings. The maximum Gasteiger partial charge on any atom is 0.586 e. The minimum Gasteiger partial charge on any atom is -0.395 e. The van der Waals surface area contributed by atoms with Gasteiger partial charge in [0.05, 0.1) is 0 Å². The summed E-state index contributed by atoms with van der Waals surface area (Å²) in [4.78, 5) is 0. The fraction of sp³-hybridized carbons (Fsp3) is 0.538. The highest BCUT2D eigenvalue weighted by molar-refractivity contribution is 5.45. The molecule has 3 nitrogen and oxygen atoms in total. The monoisotopic (exact) mass is 255 g/mol. The summed E-state index contributed by atoms with van der Waals surface area (Å²) in [5.41, 5.74) is 1.02. The second-order valence-electron chi connectivity index (χ2n) is 4.85. The van der Waals surface area contributed by atoms with Crippen molar-refractivity contribution in [3.63, 3.8) is 0 Å². The molecule has 18 heavy (non-hydrogen) atoms. The van der Waals surface area contributed by atoms with Crippen molar-refractivity contribution in [3.8, 4) is 11.5 Å². The lowest BCUT2D eigenvalue weighted by atomic mass is 9.99. The number of ether oxygens (including phenoxy) is 2. The molecule has 3 rings (SSSR count). The van der Waals surface area contributed by atoms with E-state index in [0.29, 0.717) is 5.92 Å². The molecular formula is C13H15F2NO2. The normalized spacial score (nSPS) is 24.4. The Bertz CT molecular complexity index is 445. The summed E-state index contributed by atoms with van der Waals surface area (Å²) in [5, 5.41) is 3.32. The number of halogens is 2. The zero-order valence-electron chi connectivity index (χ0n) is 9.92.